The Hall–Kier alpha value is -1.08. The molecular weight excluding hydrogens is 248 g/mol. The molecule has 15 heavy (non-hydrogen) atoms. The van der Waals surface area contributed by atoms with Crippen LogP contribution in [0.5, 0.6) is 0 Å². The molecule has 2 aromatic rings. The lowest BCUT2D eigenvalue weighted by atomic mass is 10.0. The van der Waals surface area contributed by atoms with Crippen LogP contribution in [-0.4, -0.2) is 0 Å². The van der Waals surface area contributed by atoms with Crippen molar-refractivity contribution < 1.29 is 0 Å². The van der Waals surface area contributed by atoms with E-state index in [2.05, 4.69) is 72.2 Å². The molecule has 0 heterocycles. The molecule has 2 aromatic carbocycles. The van der Waals surface area contributed by atoms with Gasteiger partial charge in [0.15, 0.2) is 0 Å². The maximum atomic E-state index is 3.56. The fourth-order valence-electron chi connectivity index (χ4n) is 1.52. The number of rotatable bonds is 1. The molecule has 2 rings (SSSR count). The maximum Gasteiger partial charge on any atom is 0.0210 e. The van der Waals surface area contributed by atoms with E-state index in [0.29, 0.717) is 0 Å². The maximum absolute atomic E-state index is 3.56. The average Bonchev–Trinajstić information content (AvgIpc) is 2.23. The third-order valence-electron chi connectivity index (χ3n) is 2.56. The number of halogens is 1. The van der Waals surface area contributed by atoms with Crippen LogP contribution >= 0.6 is 15.9 Å². The van der Waals surface area contributed by atoms with Gasteiger partial charge < -0.3 is 0 Å². The molecule has 76 valence electrons. The SMILES string of the molecule is Cc1ccc(-c2ccc(C)c(Br)c2)cc1. The Morgan fingerprint density at radius 1 is 0.800 bits per heavy atom. The summed E-state index contributed by atoms with van der Waals surface area (Å²) >= 11 is 3.56. The van der Waals surface area contributed by atoms with Gasteiger partial charge in [-0.3, -0.25) is 0 Å². The lowest BCUT2D eigenvalue weighted by Gasteiger charge is -2.04. The zero-order valence-corrected chi connectivity index (χ0v) is 10.5. The van der Waals surface area contributed by atoms with Crippen LogP contribution in [0.15, 0.2) is 46.9 Å². The van der Waals surface area contributed by atoms with E-state index < -0.39 is 0 Å². The van der Waals surface area contributed by atoms with Crippen LogP contribution in [0.3, 0.4) is 0 Å². The number of benzene rings is 2. The topological polar surface area (TPSA) is 0 Å². The molecule has 0 amide bonds. The predicted molar refractivity (Wildman–Crippen MR) is 69.1 cm³/mol. The van der Waals surface area contributed by atoms with Crippen LogP contribution in [0.25, 0.3) is 11.1 Å². The van der Waals surface area contributed by atoms with Crippen LogP contribution < -0.4 is 0 Å². The third kappa shape index (κ3) is 2.29. The lowest BCUT2D eigenvalue weighted by Crippen LogP contribution is -1.81. The molecule has 0 aliphatic heterocycles. The second-order valence-electron chi connectivity index (χ2n) is 3.83. The molecule has 0 aliphatic rings. The van der Waals surface area contributed by atoms with Gasteiger partial charge in [-0.05, 0) is 36.6 Å². The molecule has 0 spiro atoms. The van der Waals surface area contributed by atoms with Crippen molar-refractivity contribution in [3.63, 3.8) is 0 Å². The quantitative estimate of drug-likeness (QED) is 0.696. The van der Waals surface area contributed by atoms with Crippen molar-refractivity contribution in [2.45, 2.75) is 13.8 Å². The molecule has 0 saturated carbocycles. The van der Waals surface area contributed by atoms with Gasteiger partial charge >= 0.3 is 0 Å². The molecule has 1 heteroatoms. The van der Waals surface area contributed by atoms with Crippen molar-refractivity contribution in [3.8, 4) is 11.1 Å². The molecule has 0 saturated heterocycles. The Morgan fingerprint density at radius 3 is 2.00 bits per heavy atom. The number of aryl methyl sites for hydroxylation is 2. The van der Waals surface area contributed by atoms with E-state index in [9.17, 15) is 0 Å². The summed E-state index contributed by atoms with van der Waals surface area (Å²) in [5, 5.41) is 0. The molecule has 0 nitrogen and oxygen atoms in total. The Bertz CT molecular complexity index is 469. The Kier molecular flexibility index (Phi) is 2.92. The normalized spacial score (nSPS) is 10.3. The van der Waals surface area contributed by atoms with Crippen LogP contribution in [0, 0.1) is 13.8 Å². The molecular formula is C14H13Br. The third-order valence-corrected chi connectivity index (χ3v) is 3.41. The Balaban J connectivity index is 2.45. The Morgan fingerprint density at radius 2 is 1.40 bits per heavy atom. The zero-order chi connectivity index (χ0) is 10.8. The van der Waals surface area contributed by atoms with Crippen molar-refractivity contribution in [3.05, 3.63) is 58.1 Å². The highest BCUT2D eigenvalue weighted by Crippen LogP contribution is 2.25. The summed E-state index contributed by atoms with van der Waals surface area (Å²) < 4.78 is 1.17. The van der Waals surface area contributed by atoms with Gasteiger partial charge in [-0.1, -0.05) is 57.9 Å². The molecule has 0 atom stereocenters. The van der Waals surface area contributed by atoms with Gasteiger partial charge in [0.05, 0.1) is 0 Å². The summed E-state index contributed by atoms with van der Waals surface area (Å²) in [5.41, 5.74) is 5.09. The first-order valence-corrected chi connectivity index (χ1v) is 5.79. The summed E-state index contributed by atoms with van der Waals surface area (Å²) in [5.74, 6) is 0. The minimum Gasteiger partial charge on any atom is -0.0587 e. The predicted octanol–water partition coefficient (Wildman–Crippen LogP) is 4.73. The summed E-state index contributed by atoms with van der Waals surface area (Å²) in [6.45, 7) is 4.21. The van der Waals surface area contributed by atoms with Crippen molar-refractivity contribution >= 4 is 15.9 Å². The monoisotopic (exact) mass is 260 g/mol. The van der Waals surface area contributed by atoms with Crippen LogP contribution in [0.2, 0.25) is 0 Å². The van der Waals surface area contributed by atoms with E-state index in [-0.39, 0.29) is 0 Å². The molecule has 0 aromatic heterocycles. The summed E-state index contributed by atoms with van der Waals surface area (Å²) in [7, 11) is 0. The zero-order valence-electron chi connectivity index (χ0n) is 8.92. The summed E-state index contributed by atoms with van der Waals surface area (Å²) in [4.78, 5) is 0. The molecule has 0 N–H and O–H groups in total. The number of hydrogen-bond acceptors (Lipinski definition) is 0. The summed E-state index contributed by atoms with van der Waals surface area (Å²) in [6.07, 6.45) is 0. The summed E-state index contributed by atoms with van der Waals surface area (Å²) in [6, 6.07) is 15.1. The van der Waals surface area contributed by atoms with Gasteiger partial charge in [0, 0.05) is 4.47 Å². The second-order valence-corrected chi connectivity index (χ2v) is 4.68. The minimum absolute atomic E-state index is 1.17. The lowest BCUT2D eigenvalue weighted by molar-refractivity contribution is 1.42. The van der Waals surface area contributed by atoms with Gasteiger partial charge in [-0.2, -0.15) is 0 Å². The molecule has 0 unspecified atom stereocenters. The van der Waals surface area contributed by atoms with Gasteiger partial charge in [0.25, 0.3) is 0 Å². The first kappa shape index (κ1) is 10.4. The van der Waals surface area contributed by atoms with Crippen molar-refractivity contribution in [1.82, 2.24) is 0 Å². The van der Waals surface area contributed by atoms with Crippen LogP contribution in [0.1, 0.15) is 11.1 Å². The van der Waals surface area contributed by atoms with E-state index in [0.717, 1.165) is 0 Å². The highest BCUT2D eigenvalue weighted by Gasteiger charge is 1.99. The van der Waals surface area contributed by atoms with Gasteiger partial charge in [0.1, 0.15) is 0 Å². The smallest absolute Gasteiger partial charge is 0.0210 e. The largest absolute Gasteiger partial charge is 0.0587 e. The molecule has 0 aliphatic carbocycles. The van der Waals surface area contributed by atoms with Crippen molar-refractivity contribution in [2.75, 3.05) is 0 Å². The standard InChI is InChI=1S/C14H13Br/c1-10-3-6-12(7-4-10)13-8-5-11(2)14(15)9-13/h3-9H,1-2H3. The number of hydrogen-bond donors (Lipinski definition) is 0. The molecule has 0 radical (unpaired) electrons. The van der Waals surface area contributed by atoms with E-state index >= 15 is 0 Å². The highest BCUT2D eigenvalue weighted by atomic mass is 79.9. The Labute approximate surface area is 99.1 Å². The second kappa shape index (κ2) is 4.19. The molecule has 0 bridgehead atoms. The van der Waals surface area contributed by atoms with E-state index in [4.69, 9.17) is 0 Å². The fourth-order valence-corrected chi connectivity index (χ4v) is 1.90. The first-order valence-electron chi connectivity index (χ1n) is 5.00. The van der Waals surface area contributed by atoms with Crippen molar-refractivity contribution in [1.29, 1.82) is 0 Å². The fraction of sp³-hybridized carbons (Fsp3) is 0.143. The van der Waals surface area contributed by atoms with Crippen LogP contribution in [-0.2, 0) is 0 Å². The van der Waals surface area contributed by atoms with E-state index in [1.54, 1.807) is 0 Å². The van der Waals surface area contributed by atoms with Crippen molar-refractivity contribution in [2.24, 2.45) is 0 Å². The first-order chi connectivity index (χ1) is 7.16. The highest BCUT2D eigenvalue weighted by molar-refractivity contribution is 9.10. The van der Waals surface area contributed by atoms with Crippen LogP contribution in [0.4, 0.5) is 0 Å². The average molecular weight is 261 g/mol. The van der Waals surface area contributed by atoms with E-state index in [1.807, 2.05) is 0 Å². The van der Waals surface area contributed by atoms with Gasteiger partial charge in [-0.25, -0.2) is 0 Å². The van der Waals surface area contributed by atoms with Gasteiger partial charge in [0.2, 0.25) is 0 Å². The minimum atomic E-state index is 1.17. The molecule has 0 fully saturated rings. The van der Waals surface area contributed by atoms with Gasteiger partial charge in [-0.15, -0.1) is 0 Å². The van der Waals surface area contributed by atoms with E-state index in [1.165, 1.54) is 26.7 Å².